The van der Waals surface area contributed by atoms with E-state index in [2.05, 4.69) is 19.1 Å². The molecule has 6 atom stereocenters. The van der Waals surface area contributed by atoms with Gasteiger partial charge in [0.05, 0.1) is 5.56 Å². The minimum absolute atomic E-state index is 0.0868. The van der Waals surface area contributed by atoms with Gasteiger partial charge >= 0.3 is 5.97 Å². The first-order chi connectivity index (χ1) is 13.6. The molecule has 2 heteroatoms. The maximum atomic E-state index is 12.5. The summed E-state index contributed by atoms with van der Waals surface area (Å²) in [6.07, 6.45) is 17.1. The summed E-state index contributed by atoms with van der Waals surface area (Å²) >= 11 is 0. The molecule has 28 heavy (non-hydrogen) atoms. The van der Waals surface area contributed by atoms with E-state index in [4.69, 9.17) is 4.74 Å². The monoisotopic (exact) mass is 378 g/mol. The van der Waals surface area contributed by atoms with Crippen LogP contribution >= 0.6 is 0 Å². The van der Waals surface area contributed by atoms with Crippen molar-refractivity contribution in [2.24, 2.45) is 34.5 Å². The fourth-order valence-corrected chi connectivity index (χ4v) is 7.69. The largest absolute Gasteiger partial charge is 0.461 e. The lowest BCUT2D eigenvalue weighted by molar-refractivity contribution is -0.110. The van der Waals surface area contributed by atoms with Gasteiger partial charge in [0.2, 0.25) is 0 Å². The molecule has 1 aromatic rings. The number of esters is 1. The Hall–Kier alpha value is -1.57. The van der Waals surface area contributed by atoms with Crippen molar-refractivity contribution in [3.8, 4) is 0 Å². The number of allylic oxidation sites excluding steroid dienone is 1. The molecule has 0 saturated heterocycles. The van der Waals surface area contributed by atoms with Gasteiger partial charge < -0.3 is 4.74 Å². The maximum absolute atomic E-state index is 12.5. The molecule has 150 valence electrons. The van der Waals surface area contributed by atoms with Crippen molar-refractivity contribution in [2.45, 2.75) is 64.7 Å². The van der Waals surface area contributed by atoms with Gasteiger partial charge in [0.15, 0.2) is 0 Å². The molecule has 0 spiro atoms. The first-order valence-corrected chi connectivity index (χ1v) is 11.5. The van der Waals surface area contributed by atoms with E-state index in [1.807, 2.05) is 30.3 Å². The fraction of sp³-hybridized carbons (Fsp3) is 0.654. The Morgan fingerprint density at radius 3 is 2.75 bits per heavy atom. The molecule has 0 radical (unpaired) electrons. The third-order valence-electron chi connectivity index (χ3n) is 9.16. The van der Waals surface area contributed by atoms with Gasteiger partial charge in [-0.25, -0.2) is 4.79 Å². The molecule has 0 N–H and O–H groups in total. The summed E-state index contributed by atoms with van der Waals surface area (Å²) in [5.74, 6) is 3.17. The second-order valence-electron chi connectivity index (χ2n) is 10.3. The Labute approximate surface area is 169 Å². The van der Waals surface area contributed by atoms with Crippen molar-refractivity contribution in [3.05, 3.63) is 48.0 Å². The van der Waals surface area contributed by atoms with Crippen molar-refractivity contribution >= 4 is 5.97 Å². The van der Waals surface area contributed by atoms with E-state index in [0.29, 0.717) is 23.5 Å². The number of fused-ring (bicyclic) bond motifs is 5. The van der Waals surface area contributed by atoms with Crippen molar-refractivity contribution < 1.29 is 9.53 Å². The minimum atomic E-state index is -0.168. The zero-order valence-electron chi connectivity index (χ0n) is 17.2. The van der Waals surface area contributed by atoms with Gasteiger partial charge in [0, 0.05) is 5.41 Å². The van der Waals surface area contributed by atoms with Crippen molar-refractivity contribution in [1.82, 2.24) is 0 Å². The van der Waals surface area contributed by atoms with Crippen LogP contribution in [0.4, 0.5) is 0 Å². The van der Waals surface area contributed by atoms with Gasteiger partial charge in [-0.05, 0) is 86.2 Å². The lowest BCUT2D eigenvalue weighted by Gasteiger charge is -2.60. The topological polar surface area (TPSA) is 26.3 Å². The van der Waals surface area contributed by atoms with E-state index in [1.165, 1.54) is 57.8 Å². The fourth-order valence-electron chi connectivity index (χ4n) is 7.69. The number of hydrogen-bond donors (Lipinski definition) is 0. The Morgan fingerprint density at radius 1 is 1.04 bits per heavy atom. The number of carbonyl (C=O) groups is 1. The van der Waals surface area contributed by atoms with Gasteiger partial charge in [0.1, 0.15) is 6.61 Å². The molecular formula is C26H34O2. The Bertz CT molecular complexity index is 753. The highest BCUT2D eigenvalue weighted by Crippen LogP contribution is 2.65. The van der Waals surface area contributed by atoms with Crippen LogP contribution in [0.25, 0.3) is 0 Å². The number of hydrogen-bond acceptors (Lipinski definition) is 2. The molecular weight excluding hydrogens is 344 g/mol. The highest BCUT2D eigenvalue weighted by molar-refractivity contribution is 5.89. The van der Waals surface area contributed by atoms with E-state index in [1.54, 1.807) is 0 Å². The van der Waals surface area contributed by atoms with E-state index >= 15 is 0 Å². The van der Waals surface area contributed by atoms with Crippen LogP contribution < -0.4 is 0 Å². The number of rotatable bonds is 3. The molecule has 0 heterocycles. The predicted octanol–water partition coefficient (Wildman–Crippen LogP) is 6.42. The van der Waals surface area contributed by atoms with Crippen LogP contribution in [-0.2, 0) is 4.74 Å². The first-order valence-electron chi connectivity index (χ1n) is 11.5. The van der Waals surface area contributed by atoms with E-state index in [9.17, 15) is 4.79 Å². The molecule has 2 nitrogen and oxygen atoms in total. The van der Waals surface area contributed by atoms with Crippen LogP contribution in [0.15, 0.2) is 42.5 Å². The van der Waals surface area contributed by atoms with Gasteiger partial charge in [-0.1, -0.05) is 50.1 Å². The van der Waals surface area contributed by atoms with E-state index < -0.39 is 0 Å². The number of benzene rings is 1. The number of carbonyl (C=O) groups excluding carboxylic acids is 1. The van der Waals surface area contributed by atoms with Crippen LogP contribution in [0.2, 0.25) is 0 Å². The molecule has 4 aliphatic carbocycles. The summed E-state index contributed by atoms with van der Waals surface area (Å²) in [4.78, 5) is 12.5. The quantitative estimate of drug-likeness (QED) is 0.448. The highest BCUT2D eigenvalue weighted by atomic mass is 16.5. The zero-order chi connectivity index (χ0) is 19.2. The van der Waals surface area contributed by atoms with Gasteiger partial charge in [-0.2, -0.15) is 0 Å². The van der Waals surface area contributed by atoms with Crippen molar-refractivity contribution in [3.63, 3.8) is 0 Å². The van der Waals surface area contributed by atoms with Crippen molar-refractivity contribution in [1.29, 1.82) is 0 Å². The molecule has 1 unspecified atom stereocenters. The number of ether oxygens (including phenoxy) is 1. The lowest BCUT2D eigenvalue weighted by Crippen LogP contribution is -2.53. The smallest absolute Gasteiger partial charge is 0.338 e. The first kappa shape index (κ1) is 18.5. The summed E-state index contributed by atoms with van der Waals surface area (Å²) in [6, 6.07) is 9.45. The lowest BCUT2D eigenvalue weighted by atomic mass is 9.45. The maximum Gasteiger partial charge on any atom is 0.338 e. The summed E-state index contributed by atoms with van der Waals surface area (Å²) in [5, 5.41) is 0. The summed E-state index contributed by atoms with van der Waals surface area (Å²) in [6.45, 7) is 3.18. The molecule has 0 bridgehead atoms. The second-order valence-corrected chi connectivity index (χ2v) is 10.3. The van der Waals surface area contributed by atoms with Gasteiger partial charge in [-0.3, -0.25) is 0 Å². The summed E-state index contributed by atoms with van der Waals surface area (Å²) in [7, 11) is 0. The SMILES string of the molecule is C[C@]12CCCCC1CC[C@H]1[C@@H]3CC=C[C@@]3(COC(=O)c3ccccc3)CC[C@@H]12. The normalized spacial score (nSPS) is 41.6. The molecule has 3 fully saturated rings. The minimum Gasteiger partial charge on any atom is -0.461 e. The van der Waals surface area contributed by atoms with E-state index in [0.717, 1.165) is 17.8 Å². The van der Waals surface area contributed by atoms with Crippen LogP contribution in [0.1, 0.15) is 75.1 Å². The molecule has 0 aromatic heterocycles. The molecule has 4 aliphatic rings. The molecule has 3 saturated carbocycles. The van der Waals surface area contributed by atoms with Gasteiger partial charge in [-0.15, -0.1) is 0 Å². The van der Waals surface area contributed by atoms with Crippen LogP contribution in [-0.4, -0.2) is 12.6 Å². The predicted molar refractivity (Wildman–Crippen MR) is 112 cm³/mol. The molecule has 1 aromatic carbocycles. The van der Waals surface area contributed by atoms with Crippen LogP contribution in [0, 0.1) is 34.5 Å². The zero-order valence-corrected chi connectivity index (χ0v) is 17.2. The third-order valence-corrected chi connectivity index (χ3v) is 9.16. The highest BCUT2D eigenvalue weighted by Gasteiger charge is 2.57. The average Bonchev–Trinajstić information content (AvgIpc) is 3.17. The molecule has 5 rings (SSSR count). The standard InChI is InChI=1S/C26H34O2/c1-25-15-6-5-10-20(25)12-13-21-22(25)14-17-26(16-7-11-23(21)26)18-28-24(27)19-8-3-2-4-9-19/h2-4,7-9,16,20-23H,5-6,10-15,17-18H2,1H3/t20?,21-,22+,23+,25+,26+/m1/s1. The Morgan fingerprint density at radius 2 is 1.89 bits per heavy atom. The third kappa shape index (κ3) is 2.86. The molecule has 0 amide bonds. The summed E-state index contributed by atoms with van der Waals surface area (Å²) in [5.41, 5.74) is 1.32. The Kier molecular flexibility index (Phi) is 4.64. The Balaban J connectivity index is 1.33. The molecule has 0 aliphatic heterocycles. The van der Waals surface area contributed by atoms with Gasteiger partial charge in [0.25, 0.3) is 0 Å². The second kappa shape index (κ2) is 7.04. The summed E-state index contributed by atoms with van der Waals surface area (Å²) < 4.78 is 5.89. The van der Waals surface area contributed by atoms with Crippen LogP contribution in [0.3, 0.4) is 0 Å². The average molecular weight is 379 g/mol. The van der Waals surface area contributed by atoms with E-state index in [-0.39, 0.29) is 11.4 Å². The van der Waals surface area contributed by atoms with Crippen LogP contribution in [0.5, 0.6) is 0 Å². The van der Waals surface area contributed by atoms with Crippen molar-refractivity contribution in [2.75, 3.05) is 6.61 Å².